The molecule has 0 amide bonds. The number of benzene rings is 1. The van der Waals surface area contributed by atoms with Gasteiger partial charge in [0.15, 0.2) is 0 Å². The van der Waals surface area contributed by atoms with Crippen LogP contribution in [-0.2, 0) is 12.1 Å². The van der Waals surface area contributed by atoms with Crippen LogP contribution in [0.2, 0.25) is 0 Å². The van der Waals surface area contributed by atoms with Crippen LogP contribution in [0.5, 0.6) is 0 Å². The molecule has 0 saturated carbocycles. The van der Waals surface area contributed by atoms with Crippen LogP contribution in [0.3, 0.4) is 0 Å². The molecule has 0 aliphatic heterocycles. The zero-order valence-electron chi connectivity index (χ0n) is 9.76. The minimum atomic E-state index is -0.952. The largest absolute Gasteiger partial charge is 0.384 e. The van der Waals surface area contributed by atoms with E-state index in [1.54, 1.807) is 24.7 Å². The molecule has 0 saturated heterocycles. The fraction of sp³-hybridized carbons (Fsp3) is 0.333. The summed E-state index contributed by atoms with van der Waals surface area (Å²) in [4.78, 5) is 0. The van der Waals surface area contributed by atoms with E-state index in [4.69, 9.17) is 0 Å². The second-order valence-electron chi connectivity index (χ2n) is 4.45. The summed E-state index contributed by atoms with van der Waals surface area (Å²) >= 11 is 3.49. The van der Waals surface area contributed by atoms with Crippen LogP contribution >= 0.6 is 15.9 Å². The van der Waals surface area contributed by atoms with Gasteiger partial charge in [-0.25, -0.2) is 4.68 Å². The highest BCUT2D eigenvalue weighted by Crippen LogP contribution is 2.19. The summed E-state index contributed by atoms with van der Waals surface area (Å²) in [5, 5.41) is 17.8. The maximum atomic E-state index is 9.80. The smallest absolute Gasteiger partial charge is 0.114 e. The van der Waals surface area contributed by atoms with Crippen LogP contribution < -0.4 is 0 Å². The lowest BCUT2D eigenvalue weighted by atomic mass is 10.1. The number of hydrogen-bond acceptors (Lipinski definition) is 3. The zero-order valence-corrected chi connectivity index (χ0v) is 11.3. The quantitative estimate of drug-likeness (QED) is 0.945. The molecule has 4 nitrogen and oxygen atoms in total. The Morgan fingerprint density at radius 1 is 1.35 bits per heavy atom. The topological polar surface area (TPSA) is 50.9 Å². The molecule has 1 N–H and O–H groups in total. The maximum Gasteiger partial charge on any atom is 0.114 e. The first-order valence-electron chi connectivity index (χ1n) is 5.33. The third-order valence-corrected chi connectivity index (χ3v) is 3.23. The lowest BCUT2D eigenvalue weighted by molar-refractivity contribution is 0.0737. The van der Waals surface area contributed by atoms with E-state index < -0.39 is 5.60 Å². The average Bonchev–Trinajstić information content (AvgIpc) is 2.69. The maximum absolute atomic E-state index is 9.80. The highest BCUT2D eigenvalue weighted by atomic mass is 79.9. The minimum absolute atomic E-state index is 0.574. The Kier molecular flexibility index (Phi) is 3.31. The molecule has 1 aromatic heterocycles. The number of aliphatic hydroxyl groups is 1. The van der Waals surface area contributed by atoms with Crippen molar-refractivity contribution in [2.45, 2.75) is 26.0 Å². The molecule has 90 valence electrons. The summed E-state index contributed by atoms with van der Waals surface area (Å²) in [5.74, 6) is 0. The molecule has 2 rings (SSSR count). The predicted octanol–water partition coefficient (Wildman–Crippen LogP) is 2.32. The van der Waals surface area contributed by atoms with Gasteiger partial charge in [-0.1, -0.05) is 39.3 Å². The molecule has 17 heavy (non-hydrogen) atoms. The molecule has 0 aliphatic carbocycles. The molecule has 2 aromatic rings. The zero-order chi connectivity index (χ0) is 12.5. The third kappa shape index (κ3) is 2.92. The summed E-state index contributed by atoms with van der Waals surface area (Å²) in [5.41, 5.74) is 0.746. The van der Waals surface area contributed by atoms with E-state index in [9.17, 15) is 5.11 Å². The van der Waals surface area contributed by atoms with Gasteiger partial charge in [0.1, 0.15) is 11.3 Å². The van der Waals surface area contributed by atoms with Crippen molar-refractivity contribution in [1.29, 1.82) is 0 Å². The van der Waals surface area contributed by atoms with Gasteiger partial charge in [-0.15, -0.1) is 5.10 Å². The molecular formula is C12H14BrN3O. The summed E-state index contributed by atoms with van der Waals surface area (Å²) in [6.45, 7) is 4.02. The summed E-state index contributed by atoms with van der Waals surface area (Å²) in [6.07, 6.45) is 1.76. The van der Waals surface area contributed by atoms with E-state index >= 15 is 0 Å². The Hall–Kier alpha value is -1.20. The van der Waals surface area contributed by atoms with Gasteiger partial charge in [0.25, 0.3) is 0 Å². The SMILES string of the molecule is CC(C)(O)c1cn(Cc2ccccc2Br)nn1. The van der Waals surface area contributed by atoms with Gasteiger partial charge in [0.2, 0.25) is 0 Å². The van der Waals surface area contributed by atoms with Crippen LogP contribution in [0.1, 0.15) is 25.1 Å². The summed E-state index contributed by atoms with van der Waals surface area (Å²) in [6, 6.07) is 7.96. The van der Waals surface area contributed by atoms with Gasteiger partial charge in [-0.05, 0) is 25.5 Å². The van der Waals surface area contributed by atoms with Crippen LogP contribution in [0.25, 0.3) is 0 Å². The molecule has 0 aliphatic rings. The van der Waals surface area contributed by atoms with E-state index in [1.165, 1.54) is 0 Å². The van der Waals surface area contributed by atoms with Gasteiger partial charge in [0.05, 0.1) is 12.7 Å². The van der Waals surface area contributed by atoms with Gasteiger partial charge in [-0.3, -0.25) is 0 Å². The van der Waals surface area contributed by atoms with Gasteiger partial charge >= 0.3 is 0 Å². The molecule has 0 atom stereocenters. The number of aromatic nitrogens is 3. The summed E-state index contributed by atoms with van der Waals surface area (Å²) < 4.78 is 2.76. The van der Waals surface area contributed by atoms with Crippen LogP contribution in [-0.4, -0.2) is 20.1 Å². The van der Waals surface area contributed by atoms with Gasteiger partial charge in [-0.2, -0.15) is 0 Å². The van der Waals surface area contributed by atoms with Crippen LogP contribution in [0, 0.1) is 0 Å². The first-order valence-corrected chi connectivity index (χ1v) is 6.12. The fourth-order valence-electron chi connectivity index (χ4n) is 1.46. The minimum Gasteiger partial charge on any atom is -0.384 e. The van der Waals surface area contributed by atoms with E-state index in [2.05, 4.69) is 26.2 Å². The molecule has 0 unspecified atom stereocenters. The van der Waals surface area contributed by atoms with Gasteiger partial charge < -0.3 is 5.11 Å². The van der Waals surface area contributed by atoms with E-state index in [1.807, 2.05) is 24.3 Å². The van der Waals surface area contributed by atoms with E-state index in [0.717, 1.165) is 10.0 Å². The van der Waals surface area contributed by atoms with Crippen LogP contribution in [0.15, 0.2) is 34.9 Å². The monoisotopic (exact) mass is 295 g/mol. The lowest BCUT2D eigenvalue weighted by Gasteiger charge is -2.11. The van der Waals surface area contributed by atoms with Crippen molar-refractivity contribution < 1.29 is 5.11 Å². The molecule has 0 fully saturated rings. The van der Waals surface area contributed by atoms with Crippen molar-refractivity contribution in [2.75, 3.05) is 0 Å². The Balaban J connectivity index is 2.21. The molecule has 1 heterocycles. The number of halogens is 1. The summed E-state index contributed by atoms with van der Waals surface area (Å²) in [7, 11) is 0. The molecule has 0 radical (unpaired) electrons. The number of hydrogen-bond donors (Lipinski definition) is 1. The molecule has 5 heteroatoms. The highest BCUT2D eigenvalue weighted by Gasteiger charge is 2.20. The Morgan fingerprint density at radius 2 is 2.06 bits per heavy atom. The van der Waals surface area contributed by atoms with E-state index in [0.29, 0.717) is 12.2 Å². The van der Waals surface area contributed by atoms with Crippen molar-refractivity contribution >= 4 is 15.9 Å². The molecule has 1 aromatic carbocycles. The average molecular weight is 296 g/mol. The second-order valence-corrected chi connectivity index (χ2v) is 5.31. The van der Waals surface area contributed by atoms with Crippen molar-refractivity contribution in [3.63, 3.8) is 0 Å². The Morgan fingerprint density at radius 3 is 2.65 bits per heavy atom. The van der Waals surface area contributed by atoms with Gasteiger partial charge in [0, 0.05) is 4.47 Å². The van der Waals surface area contributed by atoms with Crippen molar-refractivity contribution in [3.05, 3.63) is 46.2 Å². The molecule has 0 bridgehead atoms. The third-order valence-electron chi connectivity index (χ3n) is 2.46. The predicted molar refractivity (Wildman–Crippen MR) is 68.5 cm³/mol. The number of rotatable bonds is 3. The van der Waals surface area contributed by atoms with Crippen molar-refractivity contribution in [2.24, 2.45) is 0 Å². The first kappa shape index (κ1) is 12.3. The first-order chi connectivity index (χ1) is 7.97. The molecular weight excluding hydrogens is 282 g/mol. The van der Waals surface area contributed by atoms with Crippen molar-refractivity contribution in [3.8, 4) is 0 Å². The Labute approximate surface area is 108 Å². The fourth-order valence-corrected chi connectivity index (χ4v) is 1.87. The highest BCUT2D eigenvalue weighted by molar-refractivity contribution is 9.10. The molecule has 0 spiro atoms. The lowest BCUT2D eigenvalue weighted by Crippen LogP contribution is -2.15. The van der Waals surface area contributed by atoms with Crippen LogP contribution in [0.4, 0.5) is 0 Å². The second kappa shape index (κ2) is 4.58. The van der Waals surface area contributed by atoms with E-state index in [-0.39, 0.29) is 0 Å². The standard InChI is InChI=1S/C12H14BrN3O/c1-12(2,17)11-8-16(15-14-11)7-9-5-3-4-6-10(9)13/h3-6,8,17H,7H2,1-2H3. The normalized spacial score (nSPS) is 11.8. The Bertz CT molecular complexity index is 516. The number of nitrogens with zero attached hydrogens (tertiary/aromatic N) is 3. The van der Waals surface area contributed by atoms with Crippen molar-refractivity contribution in [1.82, 2.24) is 15.0 Å².